The Kier molecular flexibility index (Phi) is 4.02. The largest absolute Gasteiger partial charge is 0.0856 e. The minimum atomic E-state index is 0.650. The van der Waals surface area contributed by atoms with Crippen LogP contribution < -0.4 is 0 Å². The third-order valence-corrected chi connectivity index (χ3v) is 3.33. The molecular weight excluding hydrogens is 156 g/mol. The monoisotopic (exact) mass is 180 g/mol. The minimum absolute atomic E-state index is 0.650. The van der Waals surface area contributed by atoms with Gasteiger partial charge in [0, 0.05) is 0 Å². The lowest BCUT2D eigenvalue weighted by molar-refractivity contribution is 0.304. The van der Waals surface area contributed by atoms with E-state index >= 15 is 0 Å². The highest BCUT2D eigenvalue weighted by molar-refractivity contribution is 5.11. The van der Waals surface area contributed by atoms with E-state index in [1.807, 2.05) is 0 Å². The van der Waals surface area contributed by atoms with Crippen molar-refractivity contribution in [3.05, 3.63) is 11.6 Å². The number of rotatable bonds is 4. The van der Waals surface area contributed by atoms with Crippen molar-refractivity contribution in [3.63, 3.8) is 0 Å². The Morgan fingerprint density at radius 1 is 1.38 bits per heavy atom. The highest BCUT2D eigenvalue weighted by Gasteiger charge is 2.30. The predicted octanol–water partition coefficient (Wildman–Crippen LogP) is 4.70. The third kappa shape index (κ3) is 3.17. The molecule has 0 aliphatic heterocycles. The van der Waals surface area contributed by atoms with Gasteiger partial charge in [0.05, 0.1) is 0 Å². The summed E-state index contributed by atoms with van der Waals surface area (Å²) in [5, 5.41) is 0. The van der Waals surface area contributed by atoms with Gasteiger partial charge in [0.15, 0.2) is 0 Å². The summed E-state index contributed by atoms with van der Waals surface area (Å²) in [5.74, 6) is 0. The first-order valence-electron chi connectivity index (χ1n) is 5.88. The van der Waals surface area contributed by atoms with Crippen LogP contribution in [0, 0.1) is 5.41 Å². The van der Waals surface area contributed by atoms with E-state index in [2.05, 4.69) is 26.8 Å². The van der Waals surface area contributed by atoms with E-state index in [0.717, 1.165) is 0 Å². The number of unbranched alkanes of at least 4 members (excludes halogenated alkanes) is 1. The summed E-state index contributed by atoms with van der Waals surface area (Å²) in [6.07, 6.45) is 12.0. The molecule has 0 aromatic carbocycles. The Balaban J connectivity index is 2.41. The molecule has 1 aliphatic rings. The second-order valence-corrected chi connectivity index (χ2v) is 4.86. The molecule has 0 heterocycles. The van der Waals surface area contributed by atoms with E-state index in [-0.39, 0.29) is 0 Å². The normalized spacial score (nSPS) is 31.5. The van der Waals surface area contributed by atoms with Crippen LogP contribution in [0.5, 0.6) is 0 Å². The first kappa shape index (κ1) is 10.8. The van der Waals surface area contributed by atoms with E-state index in [4.69, 9.17) is 0 Å². The van der Waals surface area contributed by atoms with Gasteiger partial charge in [-0.05, 0) is 37.5 Å². The average Bonchev–Trinajstić information content (AvgIpc) is 2.46. The fraction of sp³-hybridized carbons (Fsp3) is 0.846. The molecule has 13 heavy (non-hydrogen) atoms. The zero-order chi connectivity index (χ0) is 9.73. The summed E-state index contributed by atoms with van der Waals surface area (Å²) in [6.45, 7) is 7.01. The number of hydrogen-bond acceptors (Lipinski definition) is 0. The second-order valence-electron chi connectivity index (χ2n) is 4.86. The quantitative estimate of drug-likeness (QED) is 0.550. The van der Waals surface area contributed by atoms with Gasteiger partial charge in [0.25, 0.3) is 0 Å². The van der Waals surface area contributed by atoms with E-state index in [9.17, 15) is 0 Å². The van der Waals surface area contributed by atoms with Crippen LogP contribution in [0.3, 0.4) is 0 Å². The summed E-state index contributed by atoms with van der Waals surface area (Å²) in [7, 11) is 0. The molecule has 1 atom stereocenters. The molecule has 76 valence electrons. The van der Waals surface area contributed by atoms with Crippen molar-refractivity contribution in [3.8, 4) is 0 Å². The van der Waals surface area contributed by atoms with Crippen molar-refractivity contribution in [1.29, 1.82) is 0 Å². The molecule has 0 N–H and O–H groups in total. The average molecular weight is 180 g/mol. The zero-order valence-electron chi connectivity index (χ0n) is 9.53. The fourth-order valence-corrected chi connectivity index (χ4v) is 2.47. The SMILES string of the molecule is CC/C=C1\CCC(C)(CCCC)C1. The molecule has 1 rings (SSSR count). The summed E-state index contributed by atoms with van der Waals surface area (Å²) >= 11 is 0. The van der Waals surface area contributed by atoms with Crippen molar-refractivity contribution in [2.45, 2.75) is 65.7 Å². The molecule has 0 nitrogen and oxygen atoms in total. The maximum absolute atomic E-state index is 2.47. The van der Waals surface area contributed by atoms with Crippen molar-refractivity contribution in [1.82, 2.24) is 0 Å². The van der Waals surface area contributed by atoms with Crippen molar-refractivity contribution in [2.75, 3.05) is 0 Å². The molecule has 0 spiro atoms. The Labute approximate surface area is 83.4 Å². The fourth-order valence-electron chi connectivity index (χ4n) is 2.47. The molecular formula is C13H24. The van der Waals surface area contributed by atoms with Gasteiger partial charge < -0.3 is 0 Å². The van der Waals surface area contributed by atoms with Crippen molar-refractivity contribution < 1.29 is 0 Å². The Hall–Kier alpha value is -0.260. The maximum atomic E-state index is 2.47. The first-order chi connectivity index (χ1) is 6.20. The van der Waals surface area contributed by atoms with Gasteiger partial charge in [-0.1, -0.05) is 45.3 Å². The summed E-state index contributed by atoms with van der Waals surface area (Å²) in [4.78, 5) is 0. The molecule has 0 radical (unpaired) electrons. The van der Waals surface area contributed by atoms with Gasteiger partial charge in [-0.25, -0.2) is 0 Å². The molecule has 0 heteroatoms. The van der Waals surface area contributed by atoms with Crippen LogP contribution in [0.1, 0.15) is 65.7 Å². The Morgan fingerprint density at radius 3 is 2.77 bits per heavy atom. The first-order valence-corrected chi connectivity index (χ1v) is 5.88. The Morgan fingerprint density at radius 2 is 2.15 bits per heavy atom. The lowest BCUT2D eigenvalue weighted by atomic mass is 9.83. The zero-order valence-corrected chi connectivity index (χ0v) is 9.53. The van der Waals surface area contributed by atoms with Crippen molar-refractivity contribution >= 4 is 0 Å². The van der Waals surface area contributed by atoms with Gasteiger partial charge in [0.1, 0.15) is 0 Å². The number of hydrogen-bond donors (Lipinski definition) is 0. The molecule has 0 saturated heterocycles. The molecule has 1 fully saturated rings. The minimum Gasteiger partial charge on any atom is -0.0856 e. The van der Waals surface area contributed by atoms with Crippen LogP contribution in [0.15, 0.2) is 11.6 Å². The van der Waals surface area contributed by atoms with E-state index < -0.39 is 0 Å². The van der Waals surface area contributed by atoms with E-state index in [0.29, 0.717) is 5.41 Å². The Bertz CT molecular complexity index is 178. The second kappa shape index (κ2) is 4.83. The molecule has 0 aromatic rings. The van der Waals surface area contributed by atoms with Crippen LogP contribution >= 0.6 is 0 Å². The van der Waals surface area contributed by atoms with Crippen LogP contribution in [-0.4, -0.2) is 0 Å². The van der Waals surface area contributed by atoms with Gasteiger partial charge in [-0.15, -0.1) is 0 Å². The summed E-state index contributed by atoms with van der Waals surface area (Å²) in [5.41, 5.74) is 2.37. The van der Waals surface area contributed by atoms with Crippen LogP contribution in [0.4, 0.5) is 0 Å². The highest BCUT2D eigenvalue weighted by atomic mass is 14.3. The van der Waals surface area contributed by atoms with Gasteiger partial charge in [-0.3, -0.25) is 0 Å². The summed E-state index contributed by atoms with van der Waals surface area (Å²) < 4.78 is 0. The molecule has 1 saturated carbocycles. The predicted molar refractivity (Wildman–Crippen MR) is 59.9 cm³/mol. The maximum Gasteiger partial charge on any atom is -0.0266 e. The standard InChI is InChI=1S/C13H24/c1-4-6-9-13(3)10-8-12(11-13)7-5-2/h7H,4-6,8-11H2,1-3H3/b12-7+. The lowest BCUT2D eigenvalue weighted by Gasteiger charge is -2.22. The highest BCUT2D eigenvalue weighted by Crippen LogP contribution is 2.44. The third-order valence-electron chi connectivity index (χ3n) is 3.33. The molecule has 0 bridgehead atoms. The topological polar surface area (TPSA) is 0 Å². The van der Waals surface area contributed by atoms with Crippen molar-refractivity contribution in [2.24, 2.45) is 5.41 Å². The van der Waals surface area contributed by atoms with Gasteiger partial charge in [0.2, 0.25) is 0 Å². The van der Waals surface area contributed by atoms with Gasteiger partial charge >= 0.3 is 0 Å². The molecule has 0 amide bonds. The lowest BCUT2D eigenvalue weighted by Crippen LogP contribution is -2.10. The van der Waals surface area contributed by atoms with E-state index in [1.54, 1.807) is 5.57 Å². The molecule has 0 aromatic heterocycles. The van der Waals surface area contributed by atoms with Gasteiger partial charge in [-0.2, -0.15) is 0 Å². The van der Waals surface area contributed by atoms with E-state index in [1.165, 1.54) is 44.9 Å². The molecule has 1 aliphatic carbocycles. The van der Waals surface area contributed by atoms with Crippen LogP contribution in [-0.2, 0) is 0 Å². The van der Waals surface area contributed by atoms with Crippen LogP contribution in [0.2, 0.25) is 0 Å². The number of allylic oxidation sites excluding steroid dienone is 2. The van der Waals surface area contributed by atoms with Crippen LogP contribution in [0.25, 0.3) is 0 Å². The summed E-state index contributed by atoms with van der Waals surface area (Å²) in [6, 6.07) is 0. The smallest absolute Gasteiger partial charge is 0.0266 e. The molecule has 1 unspecified atom stereocenters.